The van der Waals surface area contributed by atoms with Crippen LogP contribution in [0.4, 0.5) is 0 Å². The molecule has 4 aromatic rings. The van der Waals surface area contributed by atoms with E-state index in [1.54, 1.807) is 28.9 Å². The van der Waals surface area contributed by atoms with E-state index in [0.29, 0.717) is 10.0 Å². The van der Waals surface area contributed by atoms with Crippen LogP contribution in [-0.2, 0) is 9.84 Å². The molecule has 29 heavy (non-hydrogen) atoms. The lowest BCUT2D eigenvalue weighted by atomic mass is 10.1. The van der Waals surface area contributed by atoms with Crippen molar-refractivity contribution in [3.63, 3.8) is 0 Å². The van der Waals surface area contributed by atoms with Gasteiger partial charge in [0.2, 0.25) is 0 Å². The summed E-state index contributed by atoms with van der Waals surface area (Å²) in [6.45, 7) is 0. The Balaban J connectivity index is 1.86. The molecule has 4 rings (SSSR count). The van der Waals surface area contributed by atoms with E-state index in [4.69, 9.17) is 28.3 Å². The summed E-state index contributed by atoms with van der Waals surface area (Å²) in [6, 6.07) is 23.6. The summed E-state index contributed by atoms with van der Waals surface area (Å²) in [7, 11) is -3.27. The maximum atomic E-state index is 11.8. The van der Waals surface area contributed by atoms with Crippen LogP contribution in [-0.4, -0.2) is 24.5 Å². The normalized spacial score (nSPS) is 11.6. The number of rotatable bonds is 4. The van der Waals surface area contributed by atoms with Gasteiger partial charge in [0.05, 0.1) is 22.0 Å². The van der Waals surface area contributed by atoms with Crippen LogP contribution in [0, 0.1) is 0 Å². The molecule has 4 nitrogen and oxygen atoms in total. The van der Waals surface area contributed by atoms with E-state index < -0.39 is 9.84 Å². The summed E-state index contributed by atoms with van der Waals surface area (Å²) >= 11 is 12.0. The van der Waals surface area contributed by atoms with Crippen molar-refractivity contribution >= 4 is 33.0 Å². The van der Waals surface area contributed by atoms with Gasteiger partial charge in [-0.1, -0.05) is 47.5 Å². The second kappa shape index (κ2) is 7.67. The molecule has 0 bridgehead atoms. The summed E-state index contributed by atoms with van der Waals surface area (Å²) in [5.74, 6) is 0. The molecule has 7 heteroatoms. The predicted molar refractivity (Wildman–Crippen MR) is 118 cm³/mol. The van der Waals surface area contributed by atoms with Crippen molar-refractivity contribution in [2.75, 3.05) is 6.26 Å². The molecule has 1 heterocycles. The minimum Gasteiger partial charge on any atom is -0.232 e. The van der Waals surface area contributed by atoms with E-state index in [2.05, 4.69) is 0 Å². The van der Waals surface area contributed by atoms with Gasteiger partial charge < -0.3 is 0 Å². The smallest absolute Gasteiger partial charge is 0.175 e. The SMILES string of the molecule is CS(=O)(=O)c1ccc(-n2nc(-c3ccc(Cl)cc3)cc2-c2ccc(Cl)cc2)cc1. The molecule has 0 saturated carbocycles. The first-order chi connectivity index (χ1) is 13.8. The number of halogens is 2. The Kier molecular flexibility index (Phi) is 5.21. The highest BCUT2D eigenvalue weighted by atomic mass is 35.5. The largest absolute Gasteiger partial charge is 0.232 e. The fourth-order valence-corrected chi connectivity index (χ4v) is 3.88. The predicted octanol–water partition coefficient (Wildman–Crippen LogP) is 5.92. The standard InChI is InChI=1S/C22H16Cl2N2O2S/c1-29(27,28)20-12-10-19(11-13-20)26-22(16-4-8-18(24)9-5-16)14-21(25-26)15-2-6-17(23)7-3-15/h2-14H,1H3. The minimum absolute atomic E-state index is 0.263. The van der Waals surface area contributed by atoms with Crippen LogP contribution < -0.4 is 0 Å². The van der Waals surface area contributed by atoms with Gasteiger partial charge in [-0.05, 0) is 54.6 Å². The fraction of sp³-hybridized carbons (Fsp3) is 0.0455. The minimum atomic E-state index is -3.27. The Morgan fingerprint density at radius 1 is 0.759 bits per heavy atom. The Morgan fingerprint density at radius 2 is 1.28 bits per heavy atom. The third-order valence-electron chi connectivity index (χ3n) is 4.50. The molecule has 0 amide bonds. The van der Waals surface area contributed by atoms with E-state index in [9.17, 15) is 8.42 Å². The highest BCUT2D eigenvalue weighted by Crippen LogP contribution is 2.30. The first-order valence-corrected chi connectivity index (χ1v) is 11.4. The zero-order chi connectivity index (χ0) is 20.6. The molecule has 0 unspecified atom stereocenters. The highest BCUT2D eigenvalue weighted by molar-refractivity contribution is 7.90. The Hall–Kier alpha value is -2.60. The molecule has 0 aliphatic heterocycles. The van der Waals surface area contributed by atoms with Crippen molar-refractivity contribution in [3.05, 3.63) is 88.9 Å². The van der Waals surface area contributed by atoms with Gasteiger partial charge in [0.15, 0.2) is 9.84 Å². The van der Waals surface area contributed by atoms with Gasteiger partial charge in [-0.3, -0.25) is 0 Å². The third kappa shape index (κ3) is 4.22. The number of nitrogens with zero attached hydrogens (tertiary/aromatic N) is 2. The maximum Gasteiger partial charge on any atom is 0.175 e. The van der Waals surface area contributed by atoms with Crippen LogP contribution >= 0.6 is 23.2 Å². The molecule has 0 fully saturated rings. The van der Waals surface area contributed by atoms with Gasteiger partial charge in [-0.15, -0.1) is 0 Å². The Morgan fingerprint density at radius 3 is 1.79 bits per heavy atom. The van der Waals surface area contributed by atoms with Crippen LogP contribution in [0.1, 0.15) is 0 Å². The molecular formula is C22H16Cl2N2O2S. The van der Waals surface area contributed by atoms with Crippen LogP contribution in [0.5, 0.6) is 0 Å². The lowest BCUT2D eigenvalue weighted by Crippen LogP contribution is -2.01. The molecular weight excluding hydrogens is 427 g/mol. The van der Waals surface area contributed by atoms with Gasteiger partial charge in [0.1, 0.15) is 0 Å². The summed E-state index contributed by atoms with van der Waals surface area (Å²) in [6.07, 6.45) is 1.19. The van der Waals surface area contributed by atoms with Gasteiger partial charge >= 0.3 is 0 Å². The highest BCUT2D eigenvalue weighted by Gasteiger charge is 2.14. The number of benzene rings is 3. The quantitative estimate of drug-likeness (QED) is 0.394. The fourth-order valence-electron chi connectivity index (χ4n) is 3.00. The zero-order valence-corrected chi connectivity index (χ0v) is 17.7. The van der Waals surface area contributed by atoms with Crippen molar-refractivity contribution in [1.29, 1.82) is 0 Å². The molecule has 1 aromatic heterocycles. The molecule has 3 aromatic carbocycles. The lowest BCUT2D eigenvalue weighted by Gasteiger charge is -2.08. The second-order valence-electron chi connectivity index (χ2n) is 6.61. The van der Waals surface area contributed by atoms with E-state index in [1.165, 1.54) is 6.26 Å². The first kappa shape index (κ1) is 19.7. The molecule has 0 spiro atoms. The molecule has 146 valence electrons. The van der Waals surface area contributed by atoms with Crippen molar-refractivity contribution in [3.8, 4) is 28.2 Å². The van der Waals surface area contributed by atoms with E-state index >= 15 is 0 Å². The number of hydrogen-bond acceptors (Lipinski definition) is 3. The zero-order valence-electron chi connectivity index (χ0n) is 15.4. The molecule has 0 aliphatic carbocycles. The Bertz CT molecular complexity index is 1260. The van der Waals surface area contributed by atoms with Crippen LogP contribution in [0.2, 0.25) is 10.0 Å². The third-order valence-corrected chi connectivity index (χ3v) is 6.13. The molecule has 0 atom stereocenters. The van der Waals surface area contributed by atoms with E-state index in [-0.39, 0.29) is 4.90 Å². The molecule has 0 aliphatic rings. The molecule has 0 N–H and O–H groups in total. The van der Waals surface area contributed by atoms with E-state index in [0.717, 1.165) is 28.2 Å². The van der Waals surface area contributed by atoms with Crippen molar-refractivity contribution in [2.24, 2.45) is 0 Å². The van der Waals surface area contributed by atoms with Crippen LogP contribution in [0.15, 0.2) is 83.8 Å². The number of hydrogen-bond donors (Lipinski definition) is 0. The second-order valence-corrected chi connectivity index (χ2v) is 9.50. The molecule has 0 radical (unpaired) electrons. The topological polar surface area (TPSA) is 52.0 Å². The number of aromatic nitrogens is 2. The average Bonchev–Trinajstić information content (AvgIpc) is 3.14. The van der Waals surface area contributed by atoms with Crippen molar-refractivity contribution < 1.29 is 8.42 Å². The summed E-state index contributed by atoms with van der Waals surface area (Å²) in [4.78, 5) is 0.263. The Labute approximate surface area is 179 Å². The van der Waals surface area contributed by atoms with Gasteiger partial charge in [0, 0.05) is 27.4 Å². The van der Waals surface area contributed by atoms with Crippen molar-refractivity contribution in [2.45, 2.75) is 4.90 Å². The molecule has 0 saturated heterocycles. The van der Waals surface area contributed by atoms with Gasteiger partial charge in [0.25, 0.3) is 0 Å². The number of sulfone groups is 1. The van der Waals surface area contributed by atoms with Crippen LogP contribution in [0.25, 0.3) is 28.2 Å². The van der Waals surface area contributed by atoms with Gasteiger partial charge in [-0.25, -0.2) is 13.1 Å². The lowest BCUT2D eigenvalue weighted by molar-refractivity contribution is 0.602. The van der Waals surface area contributed by atoms with Crippen LogP contribution in [0.3, 0.4) is 0 Å². The average molecular weight is 443 g/mol. The first-order valence-electron chi connectivity index (χ1n) is 8.74. The maximum absolute atomic E-state index is 11.8. The van der Waals surface area contributed by atoms with Crippen molar-refractivity contribution in [1.82, 2.24) is 9.78 Å². The van der Waals surface area contributed by atoms with E-state index in [1.807, 2.05) is 54.6 Å². The van der Waals surface area contributed by atoms with Gasteiger partial charge in [-0.2, -0.15) is 5.10 Å². The summed E-state index contributed by atoms with van der Waals surface area (Å²) < 4.78 is 25.3. The monoisotopic (exact) mass is 442 g/mol. The summed E-state index contributed by atoms with van der Waals surface area (Å²) in [5, 5.41) is 6.07. The summed E-state index contributed by atoms with van der Waals surface area (Å²) in [5.41, 5.74) is 4.26.